The Labute approximate surface area is 56.6 Å². The molecule has 0 radical (unpaired) electrons. The highest BCUT2D eigenvalue weighted by Gasteiger charge is 2.47. The van der Waals surface area contributed by atoms with Gasteiger partial charge in [-0.25, -0.2) is 0 Å². The van der Waals surface area contributed by atoms with Gasteiger partial charge >= 0.3 is 0 Å². The number of hydrogen-bond donors (Lipinski definition) is 1. The number of fused-ring (bicyclic) bond motifs is 1. The molecule has 0 spiro atoms. The van der Waals surface area contributed by atoms with Crippen molar-refractivity contribution < 1.29 is 0 Å². The molecule has 1 unspecified atom stereocenters. The minimum absolute atomic E-state index is 0.561. The third-order valence-corrected chi connectivity index (χ3v) is 3.13. The van der Waals surface area contributed by atoms with Crippen LogP contribution in [0, 0.1) is 17.8 Å². The Balaban J connectivity index is 2.01. The van der Waals surface area contributed by atoms with Crippen LogP contribution in [0.15, 0.2) is 0 Å². The van der Waals surface area contributed by atoms with Crippen molar-refractivity contribution in [1.82, 2.24) is 0 Å². The lowest BCUT2D eigenvalue weighted by Crippen LogP contribution is -2.28. The van der Waals surface area contributed by atoms with Crippen molar-refractivity contribution >= 4 is 0 Å². The first-order valence-electron chi connectivity index (χ1n) is 4.04. The summed E-state index contributed by atoms with van der Waals surface area (Å²) >= 11 is 0. The van der Waals surface area contributed by atoms with Crippen LogP contribution >= 0.6 is 0 Å². The molecule has 0 bridgehead atoms. The molecule has 2 rings (SSSR count). The monoisotopic (exact) mass is 125 g/mol. The SMILES string of the molecule is C[C@H]1CCC(N)[C@@H]2C[C@H]12. The van der Waals surface area contributed by atoms with Gasteiger partial charge in [-0.2, -0.15) is 0 Å². The largest absolute Gasteiger partial charge is 0.327 e. The van der Waals surface area contributed by atoms with Gasteiger partial charge in [-0.05, 0) is 37.0 Å². The van der Waals surface area contributed by atoms with E-state index in [4.69, 9.17) is 5.73 Å². The third-order valence-electron chi connectivity index (χ3n) is 3.13. The Morgan fingerprint density at radius 1 is 1.22 bits per heavy atom. The molecule has 52 valence electrons. The van der Waals surface area contributed by atoms with E-state index in [0.29, 0.717) is 6.04 Å². The van der Waals surface area contributed by atoms with Crippen LogP contribution in [0.3, 0.4) is 0 Å². The summed E-state index contributed by atoms with van der Waals surface area (Å²) in [6, 6.07) is 0.561. The standard InChI is InChI=1S/C8H15N/c1-5-2-3-8(9)7-4-6(5)7/h5-8H,2-4,9H2,1H3/t5-,6+,7+,8?/m0/s1. The van der Waals surface area contributed by atoms with Gasteiger partial charge in [-0.1, -0.05) is 6.92 Å². The second-order valence-electron chi connectivity index (χ2n) is 3.78. The number of rotatable bonds is 0. The topological polar surface area (TPSA) is 26.0 Å². The van der Waals surface area contributed by atoms with Gasteiger partial charge in [0, 0.05) is 6.04 Å². The highest BCUT2D eigenvalue weighted by molar-refractivity contribution is 4.99. The zero-order valence-electron chi connectivity index (χ0n) is 6.01. The van der Waals surface area contributed by atoms with E-state index in [0.717, 1.165) is 17.8 Å². The lowest BCUT2D eigenvalue weighted by Gasteiger charge is -2.21. The molecule has 9 heavy (non-hydrogen) atoms. The van der Waals surface area contributed by atoms with Crippen LogP contribution in [0.4, 0.5) is 0 Å². The molecule has 4 atom stereocenters. The van der Waals surface area contributed by atoms with Crippen LogP contribution in [-0.2, 0) is 0 Å². The maximum Gasteiger partial charge on any atom is 0.00701 e. The summed E-state index contributed by atoms with van der Waals surface area (Å²) in [7, 11) is 0. The smallest absolute Gasteiger partial charge is 0.00701 e. The fourth-order valence-corrected chi connectivity index (χ4v) is 2.27. The van der Waals surface area contributed by atoms with E-state index in [2.05, 4.69) is 6.92 Å². The molecule has 0 aromatic carbocycles. The quantitative estimate of drug-likeness (QED) is 0.520. The van der Waals surface area contributed by atoms with Crippen molar-refractivity contribution in [1.29, 1.82) is 0 Å². The Hall–Kier alpha value is -0.0400. The molecule has 2 aliphatic carbocycles. The maximum atomic E-state index is 5.88. The minimum Gasteiger partial charge on any atom is -0.327 e. The average Bonchev–Trinajstić information content (AvgIpc) is 2.57. The first-order chi connectivity index (χ1) is 4.29. The normalized spacial score (nSPS) is 56.7. The van der Waals surface area contributed by atoms with Crippen LogP contribution in [0.1, 0.15) is 26.2 Å². The molecule has 0 aromatic rings. The molecule has 2 saturated carbocycles. The lowest BCUT2D eigenvalue weighted by molar-refractivity contribution is 0.327. The van der Waals surface area contributed by atoms with Gasteiger partial charge in [0.25, 0.3) is 0 Å². The summed E-state index contributed by atoms with van der Waals surface area (Å²) in [6.45, 7) is 2.37. The molecule has 0 aromatic heterocycles. The summed E-state index contributed by atoms with van der Waals surface area (Å²) in [4.78, 5) is 0. The van der Waals surface area contributed by atoms with Crippen molar-refractivity contribution in [3.05, 3.63) is 0 Å². The molecule has 0 amide bonds. The molecular weight excluding hydrogens is 110 g/mol. The van der Waals surface area contributed by atoms with Gasteiger partial charge in [-0.15, -0.1) is 0 Å². The van der Waals surface area contributed by atoms with E-state index in [1.165, 1.54) is 19.3 Å². The Morgan fingerprint density at radius 3 is 2.67 bits per heavy atom. The second kappa shape index (κ2) is 1.72. The summed E-state index contributed by atoms with van der Waals surface area (Å²) in [6.07, 6.45) is 4.09. The zero-order chi connectivity index (χ0) is 6.43. The van der Waals surface area contributed by atoms with Crippen LogP contribution in [0.5, 0.6) is 0 Å². The molecule has 0 saturated heterocycles. The highest BCUT2D eigenvalue weighted by Crippen LogP contribution is 2.51. The van der Waals surface area contributed by atoms with Crippen molar-refractivity contribution in [2.45, 2.75) is 32.2 Å². The summed E-state index contributed by atoms with van der Waals surface area (Å²) < 4.78 is 0. The van der Waals surface area contributed by atoms with E-state index < -0.39 is 0 Å². The van der Waals surface area contributed by atoms with Gasteiger partial charge in [-0.3, -0.25) is 0 Å². The van der Waals surface area contributed by atoms with Crippen LogP contribution in [0.2, 0.25) is 0 Å². The predicted molar refractivity (Wildman–Crippen MR) is 38.0 cm³/mol. The molecule has 1 heteroatoms. The molecule has 0 heterocycles. The van der Waals surface area contributed by atoms with Gasteiger partial charge in [0.1, 0.15) is 0 Å². The predicted octanol–water partition coefficient (Wildman–Crippen LogP) is 1.38. The molecular formula is C8H15N. The van der Waals surface area contributed by atoms with Crippen molar-refractivity contribution in [3.63, 3.8) is 0 Å². The van der Waals surface area contributed by atoms with Crippen LogP contribution < -0.4 is 5.73 Å². The van der Waals surface area contributed by atoms with E-state index in [9.17, 15) is 0 Å². The van der Waals surface area contributed by atoms with Gasteiger partial charge < -0.3 is 5.73 Å². The first-order valence-corrected chi connectivity index (χ1v) is 4.04. The summed E-state index contributed by atoms with van der Waals surface area (Å²) in [5.41, 5.74) is 5.88. The van der Waals surface area contributed by atoms with Crippen molar-refractivity contribution in [3.8, 4) is 0 Å². The molecule has 2 fully saturated rings. The molecule has 0 aliphatic heterocycles. The first kappa shape index (κ1) is 5.72. The van der Waals surface area contributed by atoms with E-state index in [1.807, 2.05) is 0 Å². The van der Waals surface area contributed by atoms with Gasteiger partial charge in [0.05, 0.1) is 0 Å². The number of nitrogens with two attached hydrogens (primary N) is 1. The second-order valence-corrected chi connectivity index (χ2v) is 3.78. The molecule has 2 aliphatic rings. The molecule has 1 nitrogen and oxygen atoms in total. The maximum absolute atomic E-state index is 5.88. The zero-order valence-corrected chi connectivity index (χ0v) is 6.01. The summed E-state index contributed by atoms with van der Waals surface area (Å²) in [5.74, 6) is 2.93. The Morgan fingerprint density at radius 2 is 2.00 bits per heavy atom. The number of hydrogen-bond acceptors (Lipinski definition) is 1. The van der Waals surface area contributed by atoms with Crippen LogP contribution in [-0.4, -0.2) is 6.04 Å². The summed E-state index contributed by atoms with van der Waals surface area (Å²) in [5, 5.41) is 0. The van der Waals surface area contributed by atoms with Crippen molar-refractivity contribution in [2.75, 3.05) is 0 Å². The van der Waals surface area contributed by atoms with E-state index in [1.54, 1.807) is 0 Å². The van der Waals surface area contributed by atoms with Crippen molar-refractivity contribution in [2.24, 2.45) is 23.5 Å². The minimum atomic E-state index is 0.561. The Bertz CT molecular complexity index is 108. The Kier molecular flexibility index (Phi) is 1.10. The van der Waals surface area contributed by atoms with Gasteiger partial charge in [0.15, 0.2) is 0 Å². The van der Waals surface area contributed by atoms with E-state index >= 15 is 0 Å². The average molecular weight is 125 g/mol. The van der Waals surface area contributed by atoms with Crippen LogP contribution in [0.25, 0.3) is 0 Å². The van der Waals surface area contributed by atoms with E-state index in [-0.39, 0.29) is 0 Å². The highest BCUT2D eigenvalue weighted by atomic mass is 14.7. The molecule has 2 N–H and O–H groups in total. The third kappa shape index (κ3) is 0.787. The lowest BCUT2D eigenvalue weighted by atomic mass is 9.88. The fourth-order valence-electron chi connectivity index (χ4n) is 2.27. The van der Waals surface area contributed by atoms with Gasteiger partial charge in [0.2, 0.25) is 0 Å². The fraction of sp³-hybridized carbons (Fsp3) is 1.00.